The van der Waals surface area contributed by atoms with Gasteiger partial charge in [0.25, 0.3) is 0 Å². The fourth-order valence-electron chi connectivity index (χ4n) is 3.07. The molecule has 0 aromatic heterocycles. The molecule has 2 rings (SSSR count). The van der Waals surface area contributed by atoms with Crippen molar-refractivity contribution in [2.75, 3.05) is 0 Å². The standard InChI is InChI=1S/C14H20O2/c1-8-5-11-13(16)9(2)6-12(15)14(11,4)7-10(8)3/h6,11,13,16H,5,7H2,1-4H3/t11-,13?,14-/m0/s1. The van der Waals surface area contributed by atoms with Gasteiger partial charge in [-0.2, -0.15) is 0 Å². The molecule has 1 unspecified atom stereocenters. The Hall–Kier alpha value is -0.890. The Morgan fingerprint density at radius 2 is 1.94 bits per heavy atom. The maximum atomic E-state index is 12.1. The number of aliphatic hydroxyl groups excluding tert-OH is 1. The normalized spacial score (nSPS) is 39.6. The van der Waals surface area contributed by atoms with Gasteiger partial charge in [-0.25, -0.2) is 0 Å². The van der Waals surface area contributed by atoms with E-state index in [0.29, 0.717) is 0 Å². The lowest BCUT2D eigenvalue weighted by molar-refractivity contribution is -0.130. The molecule has 0 spiro atoms. The highest BCUT2D eigenvalue weighted by molar-refractivity contribution is 5.97. The second-order valence-electron chi connectivity index (χ2n) is 5.66. The van der Waals surface area contributed by atoms with Gasteiger partial charge in [0.05, 0.1) is 6.10 Å². The maximum Gasteiger partial charge on any atom is 0.162 e. The summed E-state index contributed by atoms with van der Waals surface area (Å²) in [5, 5.41) is 10.2. The molecule has 2 aliphatic rings. The summed E-state index contributed by atoms with van der Waals surface area (Å²) < 4.78 is 0. The van der Waals surface area contributed by atoms with Crippen LogP contribution in [-0.2, 0) is 4.79 Å². The predicted octanol–water partition coefficient (Wildman–Crippen LogP) is 2.63. The summed E-state index contributed by atoms with van der Waals surface area (Å²) in [7, 11) is 0. The van der Waals surface area contributed by atoms with Crippen molar-refractivity contribution in [3.8, 4) is 0 Å². The molecular weight excluding hydrogens is 200 g/mol. The van der Waals surface area contributed by atoms with Gasteiger partial charge in [0.1, 0.15) is 0 Å². The molecule has 0 bridgehead atoms. The Morgan fingerprint density at radius 1 is 1.31 bits per heavy atom. The molecule has 1 N–H and O–H groups in total. The lowest BCUT2D eigenvalue weighted by Gasteiger charge is -2.45. The zero-order valence-corrected chi connectivity index (χ0v) is 10.5. The average molecular weight is 220 g/mol. The SMILES string of the molecule is CC1=CC(=O)[C@@]2(C)CC(C)=C(C)C[C@H]2C1O. The first-order valence-corrected chi connectivity index (χ1v) is 5.92. The average Bonchev–Trinajstić information content (AvgIpc) is 2.20. The van der Waals surface area contributed by atoms with Gasteiger partial charge in [0, 0.05) is 11.3 Å². The van der Waals surface area contributed by atoms with Gasteiger partial charge in [-0.1, -0.05) is 18.1 Å². The van der Waals surface area contributed by atoms with Crippen LogP contribution in [0.5, 0.6) is 0 Å². The fraction of sp³-hybridized carbons (Fsp3) is 0.643. The van der Waals surface area contributed by atoms with Gasteiger partial charge in [-0.3, -0.25) is 4.79 Å². The van der Waals surface area contributed by atoms with Crippen LogP contribution < -0.4 is 0 Å². The number of carbonyl (C=O) groups is 1. The van der Waals surface area contributed by atoms with Gasteiger partial charge in [0.2, 0.25) is 0 Å². The molecule has 0 radical (unpaired) electrons. The number of rotatable bonds is 0. The van der Waals surface area contributed by atoms with E-state index in [1.165, 1.54) is 11.1 Å². The molecule has 2 heteroatoms. The summed E-state index contributed by atoms with van der Waals surface area (Å²) in [6.07, 6.45) is 2.82. The summed E-state index contributed by atoms with van der Waals surface area (Å²) in [6.45, 7) is 8.06. The zero-order chi connectivity index (χ0) is 12.1. The highest BCUT2D eigenvalue weighted by atomic mass is 16.3. The first-order valence-electron chi connectivity index (χ1n) is 5.92. The number of carbonyl (C=O) groups excluding carboxylic acids is 1. The van der Waals surface area contributed by atoms with E-state index in [-0.39, 0.29) is 17.1 Å². The molecule has 3 atom stereocenters. The van der Waals surface area contributed by atoms with E-state index in [1.807, 2.05) is 13.8 Å². The molecule has 0 saturated carbocycles. The smallest absolute Gasteiger partial charge is 0.162 e. The van der Waals surface area contributed by atoms with E-state index >= 15 is 0 Å². The summed E-state index contributed by atoms with van der Waals surface area (Å²) in [6, 6.07) is 0. The first kappa shape index (κ1) is 11.6. The van der Waals surface area contributed by atoms with Crippen molar-refractivity contribution in [2.24, 2.45) is 11.3 Å². The van der Waals surface area contributed by atoms with Crippen LogP contribution in [0.15, 0.2) is 22.8 Å². The van der Waals surface area contributed by atoms with E-state index in [2.05, 4.69) is 13.8 Å². The minimum Gasteiger partial charge on any atom is -0.388 e. The molecule has 0 aromatic carbocycles. The molecule has 0 heterocycles. The summed E-state index contributed by atoms with van der Waals surface area (Å²) in [5.74, 6) is 0.251. The highest BCUT2D eigenvalue weighted by Crippen LogP contribution is 2.49. The molecule has 88 valence electrons. The fourth-order valence-corrected chi connectivity index (χ4v) is 3.07. The number of aliphatic hydroxyl groups is 1. The molecule has 0 aliphatic heterocycles. The topological polar surface area (TPSA) is 37.3 Å². The number of ketones is 1. The minimum absolute atomic E-state index is 0.0636. The Labute approximate surface area is 97.0 Å². The molecule has 2 nitrogen and oxygen atoms in total. The third-order valence-electron chi connectivity index (χ3n) is 4.47. The van der Waals surface area contributed by atoms with E-state index in [4.69, 9.17) is 0 Å². The molecule has 16 heavy (non-hydrogen) atoms. The Kier molecular flexibility index (Phi) is 2.58. The number of fused-ring (bicyclic) bond motifs is 1. The molecule has 0 saturated heterocycles. The van der Waals surface area contributed by atoms with Gasteiger partial charge in [-0.15, -0.1) is 0 Å². The number of hydrogen-bond acceptors (Lipinski definition) is 2. The highest BCUT2D eigenvalue weighted by Gasteiger charge is 2.48. The zero-order valence-electron chi connectivity index (χ0n) is 10.5. The molecular formula is C14H20O2. The van der Waals surface area contributed by atoms with Crippen LogP contribution >= 0.6 is 0 Å². The maximum absolute atomic E-state index is 12.1. The second-order valence-corrected chi connectivity index (χ2v) is 5.66. The van der Waals surface area contributed by atoms with Crippen molar-refractivity contribution in [1.29, 1.82) is 0 Å². The van der Waals surface area contributed by atoms with Crippen LogP contribution in [0.4, 0.5) is 0 Å². The first-order chi connectivity index (χ1) is 7.36. The molecule has 0 aromatic rings. The monoisotopic (exact) mass is 220 g/mol. The van der Waals surface area contributed by atoms with Crippen molar-refractivity contribution in [2.45, 2.75) is 46.6 Å². The van der Waals surface area contributed by atoms with Gasteiger partial charge < -0.3 is 5.11 Å². The summed E-state index contributed by atoms with van der Waals surface area (Å²) >= 11 is 0. The largest absolute Gasteiger partial charge is 0.388 e. The van der Waals surface area contributed by atoms with Crippen LogP contribution in [0.25, 0.3) is 0 Å². The lowest BCUT2D eigenvalue weighted by atomic mass is 9.58. The molecule has 0 fully saturated rings. The second kappa shape index (κ2) is 3.56. The van der Waals surface area contributed by atoms with E-state index in [9.17, 15) is 9.90 Å². The van der Waals surface area contributed by atoms with E-state index < -0.39 is 6.10 Å². The van der Waals surface area contributed by atoms with Crippen molar-refractivity contribution in [1.82, 2.24) is 0 Å². The molecule has 0 amide bonds. The van der Waals surface area contributed by atoms with E-state index in [0.717, 1.165) is 18.4 Å². The predicted molar refractivity (Wildman–Crippen MR) is 64.0 cm³/mol. The van der Waals surface area contributed by atoms with Crippen molar-refractivity contribution in [3.05, 3.63) is 22.8 Å². The van der Waals surface area contributed by atoms with Crippen LogP contribution in [-0.4, -0.2) is 17.0 Å². The summed E-state index contributed by atoms with van der Waals surface area (Å²) in [4.78, 5) is 12.1. The van der Waals surface area contributed by atoms with Crippen molar-refractivity contribution in [3.63, 3.8) is 0 Å². The van der Waals surface area contributed by atoms with Gasteiger partial charge in [-0.05, 0) is 45.3 Å². The minimum atomic E-state index is -0.453. The summed E-state index contributed by atoms with van der Waals surface area (Å²) in [5.41, 5.74) is 3.08. The third kappa shape index (κ3) is 1.47. The van der Waals surface area contributed by atoms with Crippen LogP contribution in [0, 0.1) is 11.3 Å². The van der Waals surface area contributed by atoms with Crippen LogP contribution in [0.2, 0.25) is 0 Å². The van der Waals surface area contributed by atoms with E-state index in [1.54, 1.807) is 6.08 Å². The quantitative estimate of drug-likeness (QED) is 0.637. The lowest BCUT2D eigenvalue weighted by Crippen LogP contribution is -2.47. The van der Waals surface area contributed by atoms with Crippen LogP contribution in [0.1, 0.15) is 40.5 Å². The van der Waals surface area contributed by atoms with Crippen molar-refractivity contribution >= 4 is 5.78 Å². The molecule has 2 aliphatic carbocycles. The Bertz CT molecular complexity index is 403. The Balaban J connectivity index is 2.47. The van der Waals surface area contributed by atoms with Crippen LogP contribution in [0.3, 0.4) is 0 Å². The third-order valence-corrected chi connectivity index (χ3v) is 4.47. The number of hydrogen-bond donors (Lipinski definition) is 1. The number of allylic oxidation sites excluding steroid dienone is 3. The van der Waals surface area contributed by atoms with Crippen molar-refractivity contribution < 1.29 is 9.90 Å². The van der Waals surface area contributed by atoms with Gasteiger partial charge in [0.15, 0.2) is 5.78 Å². The van der Waals surface area contributed by atoms with Gasteiger partial charge >= 0.3 is 0 Å². The Morgan fingerprint density at radius 3 is 2.56 bits per heavy atom.